The molecule has 0 radical (unpaired) electrons. The Morgan fingerprint density at radius 3 is 2.72 bits per heavy atom. The molecule has 4 rings (SSSR count). The molecule has 0 aliphatic heterocycles. The number of aromatic hydroxyl groups is 1. The lowest BCUT2D eigenvalue weighted by molar-refractivity contribution is -0.137. The third-order valence-corrected chi connectivity index (χ3v) is 6.50. The molecule has 9 heteroatoms. The second kappa shape index (κ2) is 8.97. The number of carbonyl (C=O) groups is 1. The van der Waals surface area contributed by atoms with Crippen molar-refractivity contribution >= 4 is 5.91 Å². The van der Waals surface area contributed by atoms with Crippen molar-refractivity contribution in [1.29, 1.82) is 0 Å². The SMILES string of the molecule is COc1ccnc(C(=O)N[C@@H]2CC3CC2C[C@@H]3COCc2cccc(C(F)(F)F)c2)c1O. The Kier molecular flexibility index (Phi) is 6.28. The second-order valence-electron chi connectivity index (χ2n) is 8.49. The molecule has 1 aromatic heterocycles. The Morgan fingerprint density at radius 1 is 1.22 bits per heavy atom. The number of nitrogens with one attached hydrogen (secondary N) is 1. The van der Waals surface area contributed by atoms with Gasteiger partial charge in [0, 0.05) is 18.3 Å². The molecule has 32 heavy (non-hydrogen) atoms. The average molecular weight is 450 g/mol. The lowest BCUT2D eigenvalue weighted by Crippen LogP contribution is -2.40. The molecule has 6 nitrogen and oxygen atoms in total. The van der Waals surface area contributed by atoms with Crippen LogP contribution in [0.15, 0.2) is 36.5 Å². The molecule has 1 amide bonds. The minimum Gasteiger partial charge on any atom is -0.503 e. The summed E-state index contributed by atoms with van der Waals surface area (Å²) in [7, 11) is 1.40. The Morgan fingerprint density at radius 2 is 2.03 bits per heavy atom. The van der Waals surface area contributed by atoms with Gasteiger partial charge in [-0.2, -0.15) is 13.2 Å². The minimum absolute atomic E-state index is 0.000354. The van der Waals surface area contributed by atoms with Gasteiger partial charge in [-0.1, -0.05) is 12.1 Å². The van der Waals surface area contributed by atoms with E-state index in [1.807, 2.05) is 0 Å². The highest BCUT2D eigenvalue weighted by Crippen LogP contribution is 2.48. The van der Waals surface area contributed by atoms with Crippen LogP contribution < -0.4 is 10.1 Å². The standard InChI is InChI=1S/C23H25F3N2O4/c1-31-19-5-6-27-20(21(19)29)22(30)28-18-10-14-8-15(18)9-16(14)12-32-11-13-3-2-4-17(7-13)23(24,25)26/h2-7,14-16,18,29H,8-12H2,1H3,(H,28,30)/t14?,15?,16-,18-/m1/s1. The summed E-state index contributed by atoms with van der Waals surface area (Å²) in [6.07, 6.45) is -0.294. The Hall–Kier alpha value is -2.81. The summed E-state index contributed by atoms with van der Waals surface area (Å²) in [5.74, 6) is 0.490. The first-order chi connectivity index (χ1) is 15.3. The van der Waals surface area contributed by atoms with Gasteiger partial charge in [-0.25, -0.2) is 4.98 Å². The van der Waals surface area contributed by atoms with Crippen LogP contribution in [0.4, 0.5) is 13.2 Å². The quantitative estimate of drug-likeness (QED) is 0.662. The van der Waals surface area contributed by atoms with Gasteiger partial charge in [-0.05, 0) is 54.7 Å². The van der Waals surface area contributed by atoms with E-state index in [9.17, 15) is 23.1 Å². The van der Waals surface area contributed by atoms with Crippen molar-refractivity contribution < 1.29 is 32.5 Å². The van der Waals surface area contributed by atoms with Crippen molar-refractivity contribution in [1.82, 2.24) is 10.3 Å². The van der Waals surface area contributed by atoms with Crippen LogP contribution in [0.2, 0.25) is 0 Å². The van der Waals surface area contributed by atoms with E-state index < -0.39 is 17.6 Å². The van der Waals surface area contributed by atoms with Crippen molar-refractivity contribution in [3.63, 3.8) is 0 Å². The normalized spacial score (nSPS) is 24.5. The molecule has 0 spiro atoms. The first kappa shape index (κ1) is 22.4. The topological polar surface area (TPSA) is 80.7 Å². The maximum atomic E-state index is 12.8. The molecule has 172 valence electrons. The number of ether oxygens (including phenoxy) is 2. The van der Waals surface area contributed by atoms with Crippen LogP contribution in [-0.4, -0.2) is 35.8 Å². The summed E-state index contributed by atoms with van der Waals surface area (Å²) in [6.45, 7) is 0.620. The van der Waals surface area contributed by atoms with Gasteiger partial charge in [-0.3, -0.25) is 4.79 Å². The fourth-order valence-electron chi connectivity index (χ4n) is 4.95. The molecule has 2 fully saturated rings. The van der Waals surface area contributed by atoms with Crippen LogP contribution in [0.25, 0.3) is 0 Å². The smallest absolute Gasteiger partial charge is 0.416 e. The highest BCUT2D eigenvalue weighted by Gasteiger charge is 2.46. The Balaban J connectivity index is 1.27. The number of benzene rings is 1. The number of alkyl halides is 3. The van der Waals surface area contributed by atoms with Crippen LogP contribution in [-0.2, 0) is 17.5 Å². The summed E-state index contributed by atoms with van der Waals surface area (Å²) in [4.78, 5) is 16.5. The summed E-state index contributed by atoms with van der Waals surface area (Å²) in [6, 6.07) is 6.67. The van der Waals surface area contributed by atoms with Gasteiger partial charge in [0.05, 0.1) is 25.9 Å². The minimum atomic E-state index is -4.36. The van der Waals surface area contributed by atoms with Crippen LogP contribution in [0.3, 0.4) is 0 Å². The highest BCUT2D eigenvalue weighted by molar-refractivity contribution is 5.95. The number of methoxy groups -OCH3 is 1. The third-order valence-electron chi connectivity index (χ3n) is 6.50. The van der Waals surface area contributed by atoms with Gasteiger partial charge >= 0.3 is 6.18 Å². The van der Waals surface area contributed by atoms with Gasteiger partial charge in [0.25, 0.3) is 5.91 Å². The zero-order chi connectivity index (χ0) is 22.9. The fraction of sp³-hybridized carbons (Fsp3) is 0.478. The first-order valence-electron chi connectivity index (χ1n) is 10.5. The highest BCUT2D eigenvalue weighted by atomic mass is 19.4. The molecule has 2 aliphatic rings. The van der Waals surface area contributed by atoms with Gasteiger partial charge in [-0.15, -0.1) is 0 Å². The van der Waals surface area contributed by atoms with E-state index in [1.165, 1.54) is 25.4 Å². The Labute approximate surface area is 183 Å². The number of carbonyl (C=O) groups excluding carboxylic acids is 1. The van der Waals surface area contributed by atoms with Crippen LogP contribution in [0, 0.1) is 17.8 Å². The monoisotopic (exact) mass is 450 g/mol. The molecule has 2 aromatic rings. The summed E-state index contributed by atoms with van der Waals surface area (Å²) < 4.78 is 49.3. The molecule has 2 unspecified atom stereocenters. The van der Waals surface area contributed by atoms with E-state index >= 15 is 0 Å². The fourth-order valence-corrected chi connectivity index (χ4v) is 4.95. The van der Waals surface area contributed by atoms with Gasteiger partial charge in [0.2, 0.25) is 0 Å². The van der Waals surface area contributed by atoms with Crippen molar-refractivity contribution in [2.24, 2.45) is 17.8 Å². The van der Waals surface area contributed by atoms with Crippen LogP contribution >= 0.6 is 0 Å². The van der Waals surface area contributed by atoms with Gasteiger partial charge in [0.1, 0.15) is 0 Å². The molecule has 4 atom stereocenters. The molecule has 1 aromatic carbocycles. The predicted molar refractivity (Wildman–Crippen MR) is 109 cm³/mol. The molecular formula is C23H25F3N2O4. The number of hydrogen-bond donors (Lipinski definition) is 2. The summed E-state index contributed by atoms with van der Waals surface area (Å²) in [5.41, 5.74) is -0.236. The van der Waals surface area contributed by atoms with Crippen LogP contribution in [0.5, 0.6) is 11.5 Å². The van der Waals surface area contributed by atoms with Crippen molar-refractivity contribution in [3.8, 4) is 11.5 Å². The van der Waals surface area contributed by atoms with E-state index in [-0.39, 0.29) is 29.8 Å². The van der Waals surface area contributed by atoms with Crippen LogP contribution in [0.1, 0.15) is 40.9 Å². The zero-order valence-electron chi connectivity index (χ0n) is 17.6. The number of amides is 1. The van der Waals surface area contributed by atoms with E-state index in [2.05, 4.69) is 10.3 Å². The second-order valence-corrected chi connectivity index (χ2v) is 8.49. The number of hydrogen-bond acceptors (Lipinski definition) is 5. The zero-order valence-corrected chi connectivity index (χ0v) is 17.6. The van der Waals surface area contributed by atoms with Gasteiger partial charge in [0.15, 0.2) is 17.2 Å². The molecule has 2 N–H and O–H groups in total. The number of nitrogens with zero attached hydrogens (tertiary/aromatic N) is 1. The number of pyridine rings is 1. The number of halogens is 3. The van der Waals surface area contributed by atoms with E-state index in [1.54, 1.807) is 6.07 Å². The largest absolute Gasteiger partial charge is 0.503 e. The van der Waals surface area contributed by atoms with E-state index in [0.717, 1.165) is 31.4 Å². The third kappa shape index (κ3) is 4.67. The molecule has 2 aliphatic carbocycles. The van der Waals surface area contributed by atoms with Crippen molar-refractivity contribution in [2.75, 3.05) is 13.7 Å². The maximum Gasteiger partial charge on any atom is 0.416 e. The lowest BCUT2D eigenvalue weighted by atomic mass is 9.86. The van der Waals surface area contributed by atoms with Crippen molar-refractivity contribution in [3.05, 3.63) is 53.3 Å². The Bertz CT molecular complexity index is 982. The summed E-state index contributed by atoms with van der Waals surface area (Å²) in [5, 5.41) is 13.1. The lowest BCUT2D eigenvalue weighted by Gasteiger charge is -2.28. The maximum absolute atomic E-state index is 12.8. The first-order valence-corrected chi connectivity index (χ1v) is 10.5. The summed E-state index contributed by atoms with van der Waals surface area (Å²) >= 11 is 0. The molecule has 1 heterocycles. The average Bonchev–Trinajstić information content (AvgIpc) is 3.33. The van der Waals surface area contributed by atoms with E-state index in [0.29, 0.717) is 29.9 Å². The van der Waals surface area contributed by atoms with E-state index in [4.69, 9.17) is 9.47 Å². The van der Waals surface area contributed by atoms with Gasteiger partial charge < -0.3 is 19.9 Å². The number of aromatic nitrogens is 1. The molecule has 0 saturated heterocycles. The molecule has 2 saturated carbocycles. The number of rotatable bonds is 7. The number of fused-ring (bicyclic) bond motifs is 2. The predicted octanol–water partition coefficient (Wildman–Crippen LogP) is 4.18. The molecule has 2 bridgehead atoms. The molecular weight excluding hydrogens is 425 g/mol. The van der Waals surface area contributed by atoms with Crippen molar-refractivity contribution in [2.45, 2.75) is 38.1 Å².